The third kappa shape index (κ3) is 18.9. The first-order valence-corrected chi connectivity index (χ1v) is 28.7. The van der Waals surface area contributed by atoms with E-state index >= 15 is 0 Å². The van der Waals surface area contributed by atoms with Crippen LogP contribution in [0.2, 0.25) is 0 Å². The Hall–Kier alpha value is -10.3. The number of hydrogen-bond donors (Lipinski definition) is 3. The molecule has 0 saturated carbocycles. The molecule has 0 fully saturated rings. The first kappa shape index (κ1) is 72.7. The molecule has 0 aliphatic heterocycles. The molecular formula is C62H51F12N10O9P. The molecule has 5 N–H and O–H groups in total. The van der Waals surface area contributed by atoms with Gasteiger partial charge >= 0.3 is 19.9 Å². The van der Waals surface area contributed by atoms with E-state index in [9.17, 15) is 86.0 Å². The first-order valence-electron chi connectivity index (χ1n) is 27.0. The van der Waals surface area contributed by atoms with Crippen molar-refractivity contribution in [2.45, 2.75) is 75.7 Å². The summed E-state index contributed by atoms with van der Waals surface area (Å²) in [5.74, 6) is -10.1. The molecule has 32 heteroatoms. The van der Waals surface area contributed by atoms with Crippen LogP contribution in [0.3, 0.4) is 0 Å². The monoisotopic (exact) mass is 1340 g/mol. The van der Waals surface area contributed by atoms with Crippen molar-refractivity contribution >= 4 is 43.0 Å². The number of carbonyl (C=O) groups excluding carboxylic acids is 6. The van der Waals surface area contributed by atoms with Crippen molar-refractivity contribution in [1.82, 2.24) is 29.5 Å². The summed E-state index contributed by atoms with van der Waals surface area (Å²) in [6.07, 6.45) is -1.04. The minimum atomic E-state index is -4.92. The van der Waals surface area contributed by atoms with Crippen molar-refractivity contribution in [3.05, 3.63) is 213 Å². The number of alkyl halides is 6. The number of nitrogens with zero attached hydrogens (tertiary/aromatic N) is 7. The van der Waals surface area contributed by atoms with Gasteiger partial charge in [-0.3, -0.25) is 52.7 Å². The molecule has 0 saturated heterocycles. The Labute approximate surface area is 525 Å². The van der Waals surface area contributed by atoms with E-state index in [1.807, 2.05) is 5.92 Å². The highest BCUT2D eigenvalue weighted by atomic mass is 31.2. The Balaban J connectivity index is 0.000000254. The van der Waals surface area contributed by atoms with Crippen molar-refractivity contribution < 1.29 is 95.1 Å². The number of terminal acetylenes is 1. The lowest BCUT2D eigenvalue weighted by Gasteiger charge is -2.20. The van der Waals surface area contributed by atoms with Crippen LogP contribution in [0.5, 0.6) is 0 Å². The smallest absolute Gasteiger partial charge is 0.366 e. The van der Waals surface area contributed by atoms with Gasteiger partial charge in [0.1, 0.15) is 34.9 Å². The Morgan fingerprint density at radius 1 is 0.649 bits per heavy atom. The summed E-state index contributed by atoms with van der Waals surface area (Å²) in [4.78, 5) is 80.3. The van der Waals surface area contributed by atoms with Crippen LogP contribution in [0.1, 0.15) is 102 Å². The lowest BCUT2D eigenvalue weighted by molar-refractivity contribution is -0.142. The maximum absolute atomic E-state index is 14.1. The first-order chi connectivity index (χ1) is 44.2. The summed E-state index contributed by atoms with van der Waals surface area (Å²) < 4.78 is 185. The van der Waals surface area contributed by atoms with Crippen LogP contribution >= 0.6 is 7.60 Å². The molecule has 1 unspecified atom stereocenters. The summed E-state index contributed by atoms with van der Waals surface area (Å²) in [6, 6.07) is 19.1. The number of aromatic nitrogens is 6. The number of hydrogen-bond acceptors (Lipinski definition) is 15. The SMILES string of the molecule is C#Cc1cn(CC(=O)C[C@@H](Cc2cc(F)cc(F)c2)c2ncccc2-c2ccc(F)c(C(N)=O)c2)nc1C(F)(F)F.COP(=O)(OC)C(N=N)C(C)=O.NC(=O)c1cc(-c2cccnc2[C@@H](CC(=O)Cn2cc(C=O)c(C(F)(F)F)n2)Cc2cc(F)cc(F)c2)ccc1F. The van der Waals surface area contributed by atoms with E-state index in [4.69, 9.17) is 23.4 Å². The second-order valence-corrected chi connectivity index (χ2v) is 22.6. The fourth-order valence-electron chi connectivity index (χ4n) is 9.64. The van der Waals surface area contributed by atoms with Gasteiger partial charge in [0.25, 0.3) is 11.8 Å². The number of Topliss-reactive ketones (excluding diaryl/α,β-unsaturated/α-hetero) is 3. The molecular weight excluding hydrogens is 1290 g/mol. The number of primary amides is 2. The molecule has 94 heavy (non-hydrogen) atoms. The number of nitrogens with one attached hydrogen (secondary N) is 1. The van der Waals surface area contributed by atoms with E-state index in [1.165, 1.54) is 49.6 Å². The molecule has 0 radical (unpaired) electrons. The molecule has 4 aromatic heterocycles. The highest BCUT2D eigenvalue weighted by Crippen LogP contribution is 2.52. The molecule has 0 bridgehead atoms. The lowest BCUT2D eigenvalue weighted by Crippen LogP contribution is -2.18. The van der Waals surface area contributed by atoms with Gasteiger partial charge in [-0.05, 0) is 103 Å². The van der Waals surface area contributed by atoms with Crippen LogP contribution in [-0.2, 0) is 66.3 Å². The minimum absolute atomic E-state index is 0.0265. The number of amides is 2. The molecule has 3 atom stereocenters. The van der Waals surface area contributed by atoms with Crippen LogP contribution in [0.4, 0.5) is 52.7 Å². The third-order valence-corrected chi connectivity index (χ3v) is 15.7. The number of benzene rings is 4. The predicted molar refractivity (Wildman–Crippen MR) is 310 cm³/mol. The fourth-order valence-corrected chi connectivity index (χ4v) is 10.8. The second-order valence-electron chi connectivity index (χ2n) is 20.3. The molecule has 4 aromatic carbocycles. The summed E-state index contributed by atoms with van der Waals surface area (Å²) in [6.45, 7) is -0.0494. The normalized spacial score (nSPS) is 12.4. The Kier molecular flexibility index (Phi) is 24.3. The van der Waals surface area contributed by atoms with Gasteiger partial charge in [0.05, 0.1) is 46.7 Å². The molecule has 2 amide bonds. The number of halogens is 12. The maximum atomic E-state index is 14.1. The van der Waals surface area contributed by atoms with E-state index in [1.54, 1.807) is 18.2 Å². The van der Waals surface area contributed by atoms with Crippen LogP contribution in [0, 0.1) is 52.8 Å². The van der Waals surface area contributed by atoms with E-state index in [0.29, 0.717) is 39.1 Å². The number of ketones is 3. The average molecular weight is 1340 g/mol. The molecule has 19 nitrogen and oxygen atoms in total. The highest BCUT2D eigenvalue weighted by Gasteiger charge is 2.40. The minimum Gasteiger partial charge on any atom is -0.366 e. The quantitative estimate of drug-likeness (QED) is 0.0167. The molecule has 0 aliphatic rings. The van der Waals surface area contributed by atoms with E-state index in [0.717, 1.165) is 67.7 Å². The maximum Gasteiger partial charge on any atom is 0.436 e. The van der Waals surface area contributed by atoms with E-state index in [-0.39, 0.29) is 60.0 Å². The van der Waals surface area contributed by atoms with Gasteiger partial charge in [0.15, 0.2) is 35.0 Å². The number of aldehydes is 1. The summed E-state index contributed by atoms with van der Waals surface area (Å²) in [7, 11) is -1.26. The van der Waals surface area contributed by atoms with Crippen molar-refractivity contribution in [3.8, 4) is 34.6 Å². The summed E-state index contributed by atoms with van der Waals surface area (Å²) >= 11 is 0. The van der Waals surface area contributed by atoms with Gasteiger partial charge in [0.2, 0.25) is 5.78 Å². The average Bonchev–Trinajstić information content (AvgIpc) is 0.891. The molecule has 4 heterocycles. The third-order valence-electron chi connectivity index (χ3n) is 13.6. The molecule has 492 valence electrons. The van der Waals surface area contributed by atoms with Gasteiger partial charge in [-0.2, -0.15) is 41.7 Å². The van der Waals surface area contributed by atoms with Crippen molar-refractivity contribution in [3.63, 3.8) is 0 Å². The zero-order chi connectivity index (χ0) is 69.6. The Morgan fingerprint density at radius 3 is 1.37 bits per heavy atom. The largest absolute Gasteiger partial charge is 0.436 e. The molecule has 0 aliphatic carbocycles. The van der Waals surface area contributed by atoms with Gasteiger partial charge in [0, 0.05) is 86.9 Å². The number of nitrogens with two attached hydrogens (primary N) is 2. The van der Waals surface area contributed by atoms with Gasteiger partial charge in [-0.1, -0.05) is 30.2 Å². The molecule has 8 rings (SSSR count). The van der Waals surface area contributed by atoms with Gasteiger partial charge < -0.3 is 20.5 Å². The van der Waals surface area contributed by atoms with Crippen molar-refractivity contribution in [2.24, 2.45) is 16.6 Å². The zero-order valence-corrected chi connectivity index (χ0v) is 50.0. The number of rotatable bonds is 24. The van der Waals surface area contributed by atoms with Crippen molar-refractivity contribution in [2.75, 3.05) is 14.2 Å². The number of pyridine rings is 2. The summed E-state index contributed by atoms with van der Waals surface area (Å²) in [5.41, 5.74) is 14.5. The second kappa shape index (κ2) is 31.3. The van der Waals surface area contributed by atoms with Crippen LogP contribution in [0.15, 0.2) is 127 Å². The lowest BCUT2D eigenvalue weighted by atomic mass is 9.86. The van der Waals surface area contributed by atoms with Gasteiger partial charge in [-0.25, -0.2) is 31.9 Å². The number of carbonyl (C=O) groups is 6. The standard InChI is InChI=1S/C29H20F6N4O2.C28H20F6N4O3.C5H11N2O4P/c1-2-17-14-39(38-27(17)29(33,34)35)15-22(40)11-19(8-16-9-20(30)13-21(31)10-16)26-23(4-3-7-37-26)18-5-6-25(32)24(12-18)28(36)41;29-19-7-15(8-20(30)11-19)6-17(9-21(40)13-38-12-18(14-39)26(37-38)28(32,33)34)25-22(2-1-5-36-25)16-3-4-24(31)23(10-16)27(35)41;1-4(8)5(7-6)12(9,10-2)11-3/h1,3-7,9-10,12-14,19H,8,11,15H2,(H2,36,41);1-5,7-8,10-12,14,17H,6,9,13H2,(H2,35,41);5-6H,1-3H3/t19-;17-;/m11./s1. The van der Waals surface area contributed by atoms with Crippen LogP contribution in [0.25, 0.3) is 22.3 Å². The molecule has 8 aromatic rings. The zero-order valence-electron chi connectivity index (χ0n) is 49.1. The van der Waals surface area contributed by atoms with E-state index in [2.05, 4.69) is 34.3 Å². The van der Waals surface area contributed by atoms with Crippen LogP contribution < -0.4 is 11.5 Å². The fraction of sp³-hybridized carbons (Fsp3) is 0.226. The van der Waals surface area contributed by atoms with Crippen LogP contribution in [-0.4, -0.2) is 85.0 Å². The molecule has 0 spiro atoms. The topological polar surface area (TPSA) is 288 Å². The predicted octanol–water partition coefficient (Wildman–Crippen LogP) is 12.1. The Morgan fingerprint density at radius 2 is 1.05 bits per heavy atom. The van der Waals surface area contributed by atoms with Gasteiger partial charge in [-0.15, -0.1) is 6.42 Å². The summed E-state index contributed by atoms with van der Waals surface area (Å²) in [5, 5.41) is 9.63. The van der Waals surface area contributed by atoms with Crippen molar-refractivity contribution in [1.29, 1.82) is 5.53 Å². The van der Waals surface area contributed by atoms with E-state index < -0.39 is 143 Å². The highest BCUT2D eigenvalue weighted by molar-refractivity contribution is 7.55. The Bertz CT molecular complexity index is 4220.